The molecule has 1 aliphatic rings. The van der Waals surface area contributed by atoms with Crippen molar-refractivity contribution >= 4 is 27.2 Å². The van der Waals surface area contributed by atoms with Crippen molar-refractivity contribution in [1.82, 2.24) is 0 Å². The first-order valence-corrected chi connectivity index (χ1v) is 9.83. The highest BCUT2D eigenvalue weighted by molar-refractivity contribution is 8.14. The van der Waals surface area contributed by atoms with Gasteiger partial charge >= 0.3 is 10.4 Å². The van der Waals surface area contributed by atoms with E-state index >= 15 is 0 Å². The zero-order valence-corrected chi connectivity index (χ0v) is 15.3. The van der Waals surface area contributed by atoms with Gasteiger partial charge in [0.05, 0.1) is 6.61 Å². The number of nitrogens with zero attached hydrogens (tertiary/aromatic N) is 1. The first-order valence-electron chi connectivity index (χ1n) is 7.58. The number of hydrogen-bond donors (Lipinski definition) is 6. The van der Waals surface area contributed by atoms with Gasteiger partial charge in [0.2, 0.25) is 0 Å². The van der Waals surface area contributed by atoms with E-state index in [2.05, 4.69) is 9.44 Å². The van der Waals surface area contributed by atoms with Crippen LogP contribution in [0, 0.1) is 0 Å². The van der Waals surface area contributed by atoms with Crippen LogP contribution in [0.4, 0.5) is 0 Å². The molecule has 11 nitrogen and oxygen atoms in total. The third-order valence-electron chi connectivity index (χ3n) is 3.63. The summed E-state index contributed by atoms with van der Waals surface area (Å²) in [4.78, 5) is 0. The fourth-order valence-electron chi connectivity index (χ4n) is 2.27. The third-order valence-corrected chi connectivity index (χ3v) is 5.00. The molecule has 2 rings (SSSR count). The molecule has 0 radical (unpaired) electrons. The maximum atomic E-state index is 10.8. The molecule has 0 spiro atoms. The maximum absolute atomic E-state index is 10.8. The van der Waals surface area contributed by atoms with Crippen LogP contribution >= 0.6 is 11.8 Å². The topological polar surface area (TPSA) is 186 Å². The van der Waals surface area contributed by atoms with Gasteiger partial charge in [0.15, 0.2) is 0 Å². The van der Waals surface area contributed by atoms with Gasteiger partial charge in [-0.15, -0.1) is 0 Å². The second-order valence-electron chi connectivity index (χ2n) is 5.65. The molecule has 0 amide bonds. The van der Waals surface area contributed by atoms with E-state index in [1.54, 1.807) is 0 Å². The second-order valence-corrected chi connectivity index (χ2v) is 7.82. The van der Waals surface area contributed by atoms with E-state index in [1.165, 1.54) is 24.3 Å². The lowest BCUT2D eigenvalue weighted by atomic mass is 10.0. The highest BCUT2D eigenvalue weighted by atomic mass is 32.3. The maximum Gasteiger partial charge on any atom is 0.466 e. The summed E-state index contributed by atoms with van der Waals surface area (Å²) in [5, 5.41) is 51.4. The lowest BCUT2D eigenvalue weighted by molar-refractivity contribution is -0.205. The van der Waals surface area contributed by atoms with E-state index in [0.717, 1.165) is 0 Å². The molecule has 0 aromatic heterocycles. The SMILES string of the molecule is O=S(=O)(O)O/N=C(\Cc1ccc(O)cc1)S[C@@H]1O[C@H](CO)[C@@H](O)[C@@H](O)[C@H]1O. The number of aromatic hydroxyl groups is 1. The zero-order valence-electron chi connectivity index (χ0n) is 13.7. The van der Waals surface area contributed by atoms with E-state index in [4.69, 9.17) is 9.29 Å². The minimum Gasteiger partial charge on any atom is -0.508 e. The molecule has 0 unspecified atom stereocenters. The van der Waals surface area contributed by atoms with E-state index in [1.807, 2.05) is 0 Å². The molecular weight excluding hydrogens is 406 g/mol. The summed E-state index contributed by atoms with van der Waals surface area (Å²) in [6.45, 7) is -0.631. The molecule has 1 aromatic rings. The quantitative estimate of drug-likeness (QED) is 0.136. The van der Waals surface area contributed by atoms with Crippen LogP contribution in [-0.2, 0) is 25.8 Å². The molecule has 1 aliphatic heterocycles. The predicted octanol–water partition coefficient (Wildman–Crippen LogP) is -1.40. The molecular formula is C14H19NO10S2. The first-order chi connectivity index (χ1) is 12.6. The lowest BCUT2D eigenvalue weighted by Crippen LogP contribution is -2.57. The number of rotatable bonds is 6. The monoisotopic (exact) mass is 425 g/mol. The summed E-state index contributed by atoms with van der Waals surface area (Å²) < 4.78 is 39.6. The van der Waals surface area contributed by atoms with Crippen LogP contribution in [0.5, 0.6) is 5.75 Å². The largest absolute Gasteiger partial charge is 0.508 e. The summed E-state index contributed by atoms with van der Waals surface area (Å²) in [5.74, 6) is 0.00742. The minimum atomic E-state index is -4.88. The average Bonchev–Trinajstić information content (AvgIpc) is 2.61. The summed E-state index contributed by atoms with van der Waals surface area (Å²) in [6.07, 6.45) is -5.93. The van der Waals surface area contributed by atoms with Crippen LogP contribution in [0.1, 0.15) is 5.56 Å². The fraction of sp³-hybridized carbons (Fsp3) is 0.500. The van der Waals surface area contributed by atoms with Crippen LogP contribution in [0.15, 0.2) is 29.4 Å². The van der Waals surface area contributed by atoms with Crippen LogP contribution in [-0.4, -0.2) is 80.0 Å². The Hall–Kier alpha value is -1.45. The van der Waals surface area contributed by atoms with Gasteiger partial charge in [0.1, 0.15) is 40.6 Å². The van der Waals surface area contributed by atoms with E-state index < -0.39 is 46.9 Å². The number of aliphatic hydroxyl groups is 4. The molecule has 27 heavy (non-hydrogen) atoms. The van der Waals surface area contributed by atoms with Crippen LogP contribution in [0.2, 0.25) is 0 Å². The minimum absolute atomic E-state index is 0.00742. The summed E-state index contributed by atoms with van der Waals surface area (Å²) in [7, 11) is -4.88. The molecule has 1 aromatic carbocycles. The molecule has 13 heteroatoms. The molecule has 0 aliphatic carbocycles. The highest BCUT2D eigenvalue weighted by Gasteiger charge is 2.44. The van der Waals surface area contributed by atoms with Gasteiger partial charge in [-0.25, -0.2) is 4.28 Å². The predicted molar refractivity (Wildman–Crippen MR) is 93.2 cm³/mol. The van der Waals surface area contributed by atoms with Crippen molar-refractivity contribution < 1.29 is 47.5 Å². The van der Waals surface area contributed by atoms with Gasteiger partial charge in [-0.3, -0.25) is 4.55 Å². The van der Waals surface area contributed by atoms with E-state index in [9.17, 15) is 34.0 Å². The smallest absolute Gasteiger partial charge is 0.466 e. The zero-order chi connectivity index (χ0) is 20.2. The number of ether oxygens (including phenoxy) is 1. The Morgan fingerprint density at radius 2 is 1.78 bits per heavy atom. The third kappa shape index (κ3) is 6.29. The number of aliphatic hydroxyl groups excluding tert-OH is 4. The number of hydrogen-bond acceptors (Lipinski definition) is 11. The second kappa shape index (κ2) is 9.16. The molecule has 1 heterocycles. The molecule has 1 fully saturated rings. The molecule has 1 saturated heterocycles. The van der Waals surface area contributed by atoms with Gasteiger partial charge in [0.25, 0.3) is 0 Å². The van der Waals surface area contributed by atoms with Crippen LogP contribution < -0.4 is 0 Å². The van der Waals surface area contributed by atoms with Crippen molar-refractivity contribution in [2.45, 2.75) is 36.3 Å². The first kappa shape index (κ1) is 21.8. The standard InChI is InChI=1S/C14H19NO10S2/c16-6-9-11(18)12(19)13(20)14(24-9)26-10(15-25-27(21,22)23)5-7-1-3-8(17)4-2-7/h1-4,9,11-14,16-20H,5-6H2,(H,21,22,23)/b15-10+/t9-,11-,12-,13-,14+/m1/s1. The number of thioether (sulfide) groups is 1. The van der Waals surface area contributed by atoms with Gasteiger partial charge in [-0.05, 0) is 17.7 Å². The molecule has 152 valence electrons. The highest BCUT2D eigenvalue weighted by Crippen LogP contribution is 2.30. The Bertz CT molecular complexity index is 752. The van der Waals surface area contributed by atoms with Gasteiger partial charge in [0, 0.05) is 6.42 Å². The normalized spacial score (nSPS) is 29.5. The number of oxime groups is 1. The van der Waals surface area contributed by atoms with Crippen molar-refractivity contribution in [2.24, 2.45) is 5.16 Å². The molecule has 6 N–H and O–H groups in total. The Kier molecular flexibility index (Phi) is 7.41. The summed E-state index contributed by atoms with van der Waals surface area (Å²) >= 11 is 0.671. The lowest BCUT2D eigenvalue weighted by Gasteiger charge is -2.39. The van der Waals surface area contributed by atoms with Crippen molar-refractivity contribution in [2.75, 3.05) is 6.61 Å². The van der Waals surface area contributed by atoms with Gasteiger partial charge in [-0.2, -0.15) is 8.42 Å². The van der Waals surface area contributed by atoms with E-state index in [-0.39, 0.29) is 17.2 Å². The van der Waals surface area contributed by atoms with Crippen molar-refractivity contribution in [1.29, 1.82) is 0 Å². The Morgan fingerprint density at radius 1 is 1.15 bits per heavy atom. The van der Waals surface area contributed by atoms with Crippen molar-refractivity contribution in [3.8, 4) is 5.75 Å². The number of phenols is 1. The fourth-order valence-corrected chi connectivity index (χ4v) is 3.60. The van der Waals surface area contributed by atoms with Gasteiger partial charge in [-0.1, -0.05) is 29.1 Å². The van der Waals surface area contributed by atoms with Crippen molar-refractivity contribution in [3.63, 3.8) is 0 Å². The number of phenolic OH excluding ortho intramolecular Hbond substituents is 1. The van der Waals surface area contributed by atoms with Crippen molar-refractivity contribution in [3.05, 3.63) is 29.8 Å². The average molecular weight is 425 g/mol. The Morgan fingerprint density at radius 3 is 2.33 bits per heavy atom. The summed E-state index contributed by atoms with van der Waals surface area (Å²) in [5.41, 5.74) is -0.649. The van der Waals surface area contributed by atoms with Crippen LogP contribution in [0.25, 0.3) is 0 Å². The molecule has 0 bridgehead atoms. The Labute approximate surface area is 158 Å². The Balaban J connectivity index is 2.20. The van der Waals surface area contributed by atoms with Crippen LogP contribution in [0.3, 0.4) is 0 Å². The molecule has 0 saturated carbocycles. The summed E-state index contributed by atoms with van der Waals surface area (Å²) in [6, 6.07) is 5.81. The van der Waals surface area contributed by atoms with Gasteiger partial charge < -0.3 is 30.3 Å². The van der Waals surface area contributed by atoms with E-state index in [0.29, 0.717) is 17.3 Å². The number of benzene rings is 1. The molecule has 5 atom stereocenters.